The molecule has 61 heavy (non-hydrogen) atoms. The van der Waals surface area contributed by atoms with Gasteiger partial charge in [-0.25, -0.2) is 0 Å². The number of hydrogen-bond donors (Lipinski definition) is 0. The maximum absolute atomic E-state index is 6.99. The van der Waals surface area contributed by atoms with Gasteiger partial charge in [-0.2, -0.15) is 0 Å². The van der Waals surface area contributed by atoms with Crippen molar-refractivity contribution >= 4 is 54.3 Å². The van der Waals surface area contributed by atoms with Crippen LogP contribution >= 0.6 is 0 Å². The second-order valence-electron chi connectivity index (χ2n) is 18.3. The molecule has 10 aromatic carbocycles. The van der Waals surface area contributed by atoms with E-state index in [-0.39, 0.29) is 10.8 Å². The minimum atomic E-state index is -0.282. The summed E-state index contributed by atoms with van der Waals surface area (Å²) in [5.41, 5.74) is 19.8. The second kappa shape index (κ2) is 12.2. The third-order valence-corrected chi connectivity index (χ3v) is 14.4. The molecule has 0 fully saturated rings. The monoisotopic (exact) mass is 778 g/mol. The van der Waals surface area contributed by atoms with E-state index in [0.717, 1.165) is 11.2 Å². The van der Waals surface area contributed by atoms with E-state index < -0.39 is 0 Å². The maximum atomic E-state index is 6.99. The van der Waals surface area contributed by atoms with Crippen LogP contribution in [0.2, 0.25) is 0 Å². The van der Waals surface area contributed by atoms with Gasteiger partial charge in [0, 0.05) is 27.2 Å². The van der Waals surface area contributed by atoms with Crippen molar-refractivity contribution in [2.75, 3.05) is 0 Å². The average molecular weight is 779 g/mol. The zero-order valence-electron chi connectivity index (χ0n) is 34.7. The number of benzene rings is 10. The molecular weight excluding hydrogens is 737 g/mol. The summed E-state index contributed by atoms with van der Waals surface area (Å²) in [5.74, 6) is 0. The summed E-state index contributed by atoms with van der Waals surface area (Å²) in [6.45, 7) is 9.73. The van der Waals surface area contributed by atoms with Crippen LogP contribution in [0.3, 0.4) is 0 Å². The summed E-state index contributed by atoms with van der Waals surface area (Å²) in [6.07, 6.45) is 0. The molecule has 0 saturated carbocycles. The van der Waals surface area contributed by atoms with Gasteiger partial charge in [0.1, 0.15) is 11.2 Å². The molecule has 0 aliphatic heterocycles. The number of para-hydroxylation sites is 1. The number of rotatable bonds is 3. The molecule has 13 rings (SSSR count). The molecule has 0 radical (unpaired) electrons. The largest absolute Gasteiger partial charge is 0.455 e. The molecule has 11 aromatic rings. The molecule has 0 N–H and O–H groups in total. The van der Waals surface area contributed by atoms with Crippen molar-refractivity contribution in [1.82, 2.24) is 0 Å². The van der Waals surface area contributed by atoms with Crippen molar-refractivity contribution in [3.8, 4) is 55.6 Å². The van der Waals surface area contributed by atoms with Crippen LogP contribution < -0.4 is 0 Å². The molecular formula is C60H42O. The fraction of sp³-hybridized carbons (Fsp3) is 0.100. The molecule has 288 valence electrons. The summed E-state index contributed by atoms with van der Waals surface area (Å²) in [5, 5.41) is 10.0. The smallest absolute Gasteiger partial charge is 0.144 e. The molecule has 1 aromatic heterocycles. The predicted molar refractivity (Wildman–Crippen MR) is 258 cm³/mol. The van der Waals surface area contributed by atoms with Gasteiger partial charge in [-0.05, 0) is 123 Å². The minimum Gasteiger partial charge on any atom is -0.455 e. The normalized spacial score (nSPS) is 14.5. The van der Waals surface area contributed by atoms with E-state index in [1.807, 2.05) is 0 Å². The summed E-state index contributed by atoms with van der Waals surface area (Å²) in [4.78, 5) is 0. The van der Waals surface area contributed by atoms with Gasteiger partial charge in [0.15, 0.2) is 0 Å². The Balaban J connectivity index is 1.02. The Morgan fingerprint density at radius 3 is 1.57 bits per heavy atom. The highest BCUT2D eigenvalue weighted by atomic mass is 16.3. The molecule has 2 aliphatic rings. The van der Waals surface area contributed by atoms with Crippen LogP contribution in [0.5, 0.6) is 0 Å². The second-order valence-corrected chi connectivity index (χ2v) is 18.3. The first-order valence-electron chi connectivity index (χ1n) is 21.6. The van der Waals surface area contributed by atoms with Gasteiger partial charge in [-0.3, -0.25) is 0 Å². The molecule has 1 heteroatoms. The Morgan fingerprint density at radius 1 is 0.344 bits per heavy atom. The highest BCUT2D eigenvalue weighted by Crippen LogP contribution is 2.63. The molecule has 0 amide bonds. The van der Waals surface area contributed by atoms with Gasteiger partial charge in [0.05, 0.1) is 0 Å². The first-order chi connectivity index (χ1) is 29.8. The summed E-state index contributed by atoms with van der Waals surface area (Å²) >= 11 is 0. The van der Waals surface area contributed by atoms with Crippen molar-refractivity contribution in [2.24, 2.45) is 0 Å². The van der Waals surface area contributed by atoms with E-state index in [0.29, 0.717) is 0 Å². The Hall–Kier alpha value is -7.22. The number of hydrogen-bond acceptors (Lipinski definition) is 1. The van der Waals surface area contributed by atoms with Crippen LogP contribution in [0, 0.1) is 0 Å². The van der Waals surface area contributed by atoms with E-state index in [9.17, 15) is 0 Å². The summed E-state index contributed by atoms with van der Waals surface area (Å²) in [6, 6.07) is 67.5. The molecule has 0 atom stereocenters. The van der Waals surface area contributed by atoms with Crippen molar-refractivity contribution in [1.29, 1.82) is 0 Å². The lowest BCUT2D eigenvalue weighted by atomic mass is 9.72. The maximum Gasteiger partial charge on any atom is 0.144 e. The Labute approximate surface area is 355 Å². The Morgan fingerprint density at radius 2 is 0.852 bits per heavy atom. The van der Waals surface area contributed by atoms with Gasteiger partial charge in [0.2, 0.25) is 0 Å². The van der Waals surface area contributed by atoms with Crippen LogP contribution in [0.4, 0.5) is 0 Å². The van der Waals surface area contributed by atoms with Crippen molar-refractivity contribution in [2.45, 2.75) is 38.5 Å². The van der Waals surface area contributed by atoms with Crippen LogP contribution in [-0.4, -0.2) is 0 Å². The van der Waals surface area contributed by atoms with E-state index in [1.165, 1.54) is 121 Å². The first kappa shape index (κ1) is 34.6. The standard InChI is InChI=1S/C60H42O/c1-59(2)48-23-13-11-21-45(48)53-54-47-22-12-14-24-50(47)61-58(54)55-46-32-31-40(34-49(46)60(3,4)57(55)56(53)59)52-43-19-9-7-17-41(43)51(42-18-8-10-20-44(42)52)37-28-25-36(26-29-37)39-30-27-35-15-5-6-16-38(35)33-39/h5-34H,1-4H3. The van der Waals surface area contributed by atoms with E-state index in [1.54, 1.807) is 0 Å². The van der Waals surface area contributed by atoms with Crippen molar-refractivity contribution in [3.05, 3.63) is 204 Å². The van der Waals surface area contributed by atoms with Crippen LogP contribution in [-0.2, 0) is 10.8 Å². The van der Waals surface area contributed by atoms with Gasteiger partial charge in [-0.1, -0.05) is 191 Å². The van der Waals surface area contributed by atoms with Crippen LogP contribution in [0.1, 0.15) is 49.9 Å². The SMILES string of the molecule is CC1(C)c2cc(-c3c4ccccc4c(-c4ccc(-c5ccc6ccccc6c5)cc4)c4ccccc34)ccc2-c2c1c1c(c3c2oc2ccccc23)-c2ccccc2C1(C)C. The minimum absolute atomic E-state index is 0.180. The summed E-state index contributed by atoms with van der Waals surface area (Å²) < 4.78 is 6.99. The Bertz CT molecular complexity index is 3630. The van der Waals surface area contributed by atoms with Gasteiger partial charge >= 0.3 is 0 Å². The highest BCUT2D eigenvalue weighted by Gasteiger charge is 2.48. The average Bonchev–Trinajstić information content (AvgIpc) is 3.87. The first-order valence-corrected chi connectivity index (χ1v) is 21.6. The fourth-order valence-electron chi connectivity index (χ4n) is 11.6. The van der Waals surface area contributed by atoms with Gasteiger partial charge in [0.25, 0.3) is 0 Å². The molecule has 0 unspecified atom stereocenters. The van der Waals surface area contributed by atoms with Crippen molar-refractivity contribution in [3.63, 3.8) is 0 Å². The summed E-state index contributed by atoms with van der Waals surface area (Å²) in [7, 11) is 0. The van der Waals surface area contributed by atoms with Crippen molar-refractivity contribution < 1.29 is 4.42 Å². The third kappa shape index (κ3) is 4.61. The highest BCUT2D eigenvalue weighted by molar-refractivity contribution is 6.23. The van der Waals surface area contributed by atoms with E-state index in [4.69, 9.17) is 4.42 Å². The van der Waals surface area contributed by atoms with E-state index in [2.05, 4.69) is 210 Å². The molecule has 1 nitrogen and oxygen atoms in total. The Kier molecular flexibility index (Phi) is 6.91. The van der Waals surface area contributed by atoms with Gasteiger partial charge in [-0.15, -0.1) is 0 Å². The fourth-order valence-corrected chi connectivity index (χ4v) is 11.6. The quantitative estimate of drug-likeness (QED) is 0.163. The number of fused-ring (bicyclic) bond motifs is 15. The molecule has 0 spiro atoms. The van der Waals surface area contributed by atoms with Gasteiger partial charge < -0.3 is 4.42 Å². The molecule has 0 saturated heterocycles. The third-order valence-electron chi connectivity index (χ3n) is 14.4. The zero-order chi connectivity index (χ0) is 40.8. The molecule has 0 bridgehead atoms. The lowest BCUT2D eigenvalue weighted by Crippen LogP contribution is -2.24. The van der Waals surface area contributed by atoms with E-state index >= 15 is 0 Å². The lowest BCUT2D eigenvalue weighted by Gasteiger charge is -2.31. The lowest BCUT2D eigenvalue weighted by molar-refractivity contribution is 0.600. The predicted octanol–water partition coefficient (Wildman–Crippen LogP) is 16.7. The molecule has 1 heterocycles. The molecule has 2 aliphatic carbocycles. The number of furan rings is 1. The van der Waals surface area contributed by atoms with Crippen LogP contribution in [0.15, 0.2) is 186 Å². The van der Waals surface area contributed by atoms with Crippen LogP contribution in [0.25, 0.3) is 110 Å². The zero-order valence-corrected chi connectivity index (χ0v) is 34.7. The topological polar surface area (TPSA) is 13.1 Å².